The van der Waals surface area contributed by atoms with Crippen molar-refractivity contribution in [3.63, 3.8) is 0 Å². The van der Waals surface area contributed by atoms with Gasteiger partial charge in [-0.3, -0.25) is 4.90 Å². The van der Waals surface area contributed by atoms with E-state index in [1.54, 1.807) is 6.07 Å². The minimum atomic E-state index is -4.30. The largest absolute Gasteiger partial charge is 0.416 e. The zero-order chi connectivity index (χ0) is 14.4. The lowest BCUT2D eigenvalue weighted by Gasteiger charge is -2.36. The minimum Gasteiger partial charge on any atom is -0.329 e. The normalized spacial score (nSPS) is 20.7. The predicted molar refractivity (Wildman–Crippen MR) is 68.5 cm³/mol. The van der Waals surface area contributed by atoms with Crippen molar-refractivity contribution < 1.29 is 13.2 Å². The number of halogens is 3. The van der Waals surface area contributed by atoms with Crippen LogP contribution in [0, 0.1) is 0 Å². The van der Waals surface area contributed by atoms with Crippen molar-refractivity contribution in [2.75, 3.05) is 6.54 Å². The molecule has 0 aliphatic carbocycles. The molecular weight excluding hydrogens is 253 g/mol. The van der Waals surface area contributed by atoms with Gasteiger partial charge in [0, 0.05) is 24.7 Å². The maximum Gasteiger partial charge on any atom is 0.416 e. The molecule has 2 rings (SSSR count). The fraction of sp³-hybridized carbons (Fsp3) is 0.571. The number of hydrogen-bond donors (Lipinski definition) is 1. The van der Waals surface area contributed by atoms with Gasteiger partial charge in [-0.1, -0.05) is 6.07 Å². The Morgan fingerprint density at radius 2 is 1.89 bits per heavy atom. The molecule has 2 nitrogen and oxygen atoms in total. The van der Waals surface area contributed by atoms with E-state index >= 15 is 0 Å². The fourth-order valence-corrected chi connectivity index (χ4v) is 2.65. The first-order valence-electron chi connectivity index (χ1n) is 6.31. The first-order valence-corrected chi connectivity index (χ1v) is 6.31. The molecule has 1 atom stereocenters. The molecule has 1 aromatic carbocycles. The van der Waals surface area contributed by atoms with Crippen molar-refractivity contribution in [2.45, 2.75) is 45.1 Å². The number of nitrogens with two attached hydrogens (primary N) is 1. The maximum atomic E-state index is 12.8. The highest BCUT2D eigenvalue weighted by molar-refractivity contribution is 5.39. The first kappa shape index (κ1) is 14.3. The van der Waals surface area contributed by atoms with Gasteiger partial charge < -0.3 is 5.73 Å². The predicted octanol–water partition coefficient (Wildman–Crippen LogP) is 3.32. The van der Waals surface area contributed by atoms with E-state index in [4.69, 9.17) is 5.73 Å². The van der Waals surface area contributed by atoms with Crippen LogP contribution in [-0.4, -0.2) is 17.0 Å². The van der Waals surface area contributed by atoms with Crippen LogP contribution in [0.15, 0.2) is 18.2 Å². The second-order valence-electron chi connectivity index (χ2n) is 5.96. The average Bonchev–Trinajstić information content (AvgIpc) is 2.64. The summed E-state index contributed by atoms with van der Waals surface area (Å²) in [6.45, 7) is 7.12. The highest BCUT2D eigenvalue weighted by Crippen LogP contribution is 2.40. The molecule has 0 radical (unpaired) electrons. The van der Waals surface area contributed by atoms with Gasteiger partial charge in [0.25, 0.3) is 0 Å². The average molecular weight is 272 g/mol. The molecule has 5 heteroatoms. The van der Waals surface area contributed by atoms with Crippen LogP contribution >= 0.6 is 0 Å². The molecule has 1 aromatic rings. The van der Waals surface area contributed by atoms with Crippen molar-refractivity contribution >= 4 is 0 Å². The molecule has 106 valence electrons. The smallest absolute Gasteiger partial charge is 0.329 e. The summed E-state index contributed by atoms with van der Waals surface area (Å²) in [6.07, 6.45) is -4.30. The third-order valence-corrected chi connectivity index (χ3v) is 3.63. The molecule has 19 heavy (non-hydrogen) atoms. The third-order valence-electron chi connectivity index (χ3n) is 3.63. The number of fused-ring (bicyclic) bond motifs is 1. The number of hydrogen-bond acceptors (Lipinski definition) is 2. The molecule has 0 saturated carbocycles. The van der Waals surface area contributed by atoms with Gasteiger partial charge in [0.15, 0.2) is 0 Å². The lowest BCUT2D eigenvalue weighted by atomic mass is 9.99. The SMILES string of the molecule is CC(C)(C)N1Cc2ccc(C(F)(F)F)cc2C1CN. The van der Waals surface area contributed by atoms with Gasteiger partial charge in [-0.15, -0.1) is 0 Å². The van der Waals surface area contributed by atoms with Crippen LogP contribution in [0.3, 0.4) is 0 Å². The molecule has 0 amide bonds. The Bertz CT molecular complexity index is 475. The molecule has 0 spiro atoms. The minimum absolute atomic E-state index is 0.124. The van der Waals surface area contributed by atoms with Gasteiger partial charge in [-0.2, -0.15) is 13.2 Å². The molecule has 0 fully saturated rings. The topological polar surface area (TPSA) is 29.3 Å². The quantitative estimate of drug-likeness (QED) is 0.849. The molecule has 0 saturated heterocycles. The Labute approximate surface area is 111 Å². The molecule has 0 aromatic heterocycles. The van der Waals surface area contributed by atoms with E-state index in [1.807, 2.05) is 20.8 Å². The van der Waals surface area contributed by atoms with Gasteiger partial charge in [0.2, 0.25) is 0 Å². The van der Waals surface area contributed by atoms with Crippen LogP contribution in [0.4, 0.5) is 13.2 Å². The summed E-state index contributed by atoms with van der Waals surface area (Å²) in [4.78, 5) is 2.15. The lowest BCUT2D eigenvalue weighted by Crippen LogP contribution is -2.42. The molecule has 2 N–H and O–H groups in total. The Morgan fingerprint density at radius 1 is 1.26 bits per heavy atom. The van der Waals surface area contributed by atoms with Crippen LogP contribution in [-0.2, 0) is 12.7 Å². The van der Waals surface area contributed by atoms with Crippen LogP contribution in [0.25, 0.3) is 0 Å². The molecule has 1 aliphatic rings. The molecule has 1 aliphatic heterocycles. The Hall–Kier alpha value is -1.07. The number of benzene rings is 1. The zero-order valence-electron chi connectivity index (χ0n) is 11.4. The standard InChI is InChI=1S/C14H19F3N2/c1-13(2,3)19-8-9-4-5-10(14(15,16)17)6-11(9)12(19)7-18/h4-6,12H,7-8,18H2,1-3H3. The summed E-state index contributed by atoms with van der Waals surface area (Å²) in [5.74, 6) is 0. The maximum absolute atomic E-state index is 12.8. The van der Waals surface area contributed by atoms with Gasteiger partial charge in [0.05, 0.1) is 5.56 Å². The third kappa shape index (κ3) is 2.62. The molecule has 1 unspecified atom stereocenters. The van der Waals surface area contributed by atoms with E-state index < -0.39 is 11.7 Å². The number of alkyl halides is 3. The summed E-state index contributed by atoms with van der Waals surface area (Å²) in [5.41, 5.74) is 6.71. The van der Waals surface area contributed by atoms with E-state index in [9.17, 15) is 13.2 Å². The van der Waals surface area contributed by atoms with Crippen LogP contribution in [0.5, 0.6) is 0 Å². The highest BCUT2D eigenvalue weighted by Gasteiger charge is 2.38. The number of rotatable bonds is 1. The Morgan fingerprint density at radius 3 is 2.37 bits per heavy atom. The van der Waals surface area contributed by atoms with Crippen molar-refractivity contribution in [2.24, 2.45) is 5.73 Å². The molecule has 0 bridgehead atoms. The lowest BCUT2D eigenvalue weighted by molar-refractivity contribution is -0.137. The van der Waals surface area contributed by atoms with Crippen LogP contribution in [0.1, 0.15) is 43.5 Å². The van der Waals surface area contributed by atoms with E-state index in [0.29, 0.717) is 18.7 Å². The van der Waals surface area contributed by atoms with Crippen LogP contribution in [0.2, 0.25) is 0 Å². The second kappa shape index (κ2) is 4.49. The summed E-state index contributed by atoms with van der Waals surface area (Å²) < 4.78 is 38.3. The van der Waals surface area contributed by atoms with Crippen LogP contribution < -0.4 is 5.73 Å². The monoisotopic (exact) mass is 272 g/mol. The molecule has 1 heterocycles. The summed E-state index contributed by atoms with van der Waals surface area (Å²) in [5, 5.41) is 0. The summed E-state index contributed by atoms with van der Waals surface area (Å²) in [6, 6.07) is 3.83. The van der Waals surface area contributed by atoms with E-state index in [0.717, 1.165) is 11.6 Å². The summed E-state index contributed by atoms with van der Waals surface area (Å²) in [7, 11) is 0. The van der Waals surface area contributed by atoms with Crippen molar-refractivity contribution in [3.05, 3.63) is 34.9 Å². The zero-order valence-corrected chi connectivity index (χ0v) is 11.4. The van der Waals surface area contributed by atoms with E-state index in [-0.39, 0.29) is 11.6 Å². The van der Waals surface area contributed by atoms with Gasteiger partial charge in [0.1, 0.15) is 0 Å². The Kier molecular flexibility index (Phi) is 3.39. The second-order valence-corrected chi connectivity index (χ2v) is 5.96. The van der Waals surface area contributed by atoms with E-state index in [1.165, 1.54) is 6.07 Å². The van der Waals surface area contributed by atoms with Gasteiger partial charge in [-0.25, -0.2) is 0 Å². The Balaban J connectivity index is 2.43. The highest BCUT2D eigenvalue weighted by atomic mass is 19.4. The van der Waals surface area contributed by atoms with Crippen molar-refractivity contribution in [1.29, 1.82) is 0 Å². The molecular formula is C14H19F3N2. The first-order chi connectivity index (χ1) is 8.64. The van der Waals surface area contributed by atoms with Gasteiger partial charge >= 0.3 is 6.18 Å². The van der Waals surface area contributed by atoms with Crippen molar-refractivity contribution in [1.82, 2.24) is 4.90 Å². The van der Waals surface area contributed by atoms with E-state index in [2.05, 4.69) is 4.90 Å². The summed E-state index contributed by atoms with van der Waals surface area (Å²) >= 11 is 0. The number of nitrogens with zero attached hydrogens (tertiary/aromatic N) is 1. The van der Waals surface area contributed by atoms with Crippen molar-refractivity contribution in [3.8, 4) is 0 Å². The fourth-order valence-electron chi connectivity index (χ4n) is 2.65. The van der Waals surface area contributed by atoms with Gasteiger partial charge in [-0.05, 0) is 44.0 Å².